The van der Waals surface area contributed by atoms with Gasteiger partial charge in [-0.25, -0.2) is 4.79 Å². The van der Waals surface area contributed by atoms with Crippen LogP contribution in [-0.4, -0.2) is 40.4 Å². The summed E-state index contributed by atoms with van der Waals surface area (Å²) in [6.45, 7) is 1.28. The number of nitrogens with one attached hydrogen (secondary N) is 1. The second-order valence-electron chi connectivity index (χ2n) is 6.64. The molecule has 1 aliphatic heterocycles. The van der Waals surface area contributed by atoms with E-state index in [4.69, 9.17) is 8.83 Å². The van der Waals surface area contributed by atoms with Gasteiger partial charge in [0.15, 0.2) is 0 Å². The van der Waals surface area contributed by atoms with Crippen molar-refractivity contribution in [1.29, 1.82) is 0 Å². The molecule has 2 aromatic heterocycles. The van der Waals surface area contributed by atoms with Gasteiger partial charge in [0.05, 0.1) is 31.7 Å². The molecular formula is C18H21N3O4. The predicted octanol–water partition coefficient (Wildman–Crippen LogP) is 2.35. The van der Waals surface area contributed by atoms with E-state index < -0.39 is 0 Å². The van der Waals surface area contributed by atoms with Gasteiger partial charge < -0.3 is 24.0 Å². The molecule has 0 aromatic carbocycles. The maximum absolute atomic E-state index is 12.8. The molecule has 0 spiro atoms. The van der Waals surface area contributed by atoms with Crippen LogP contribution in [0.15, 0.2) is 45.6 Å². The number of nitrogens with zero attached hydrogens (tertiary/aromatic N) is 2. The Bertz CT molecular complexity index is 685. The van der Waals surface area contributed by atoms with Crippen molar-refractivity contribution in [2.75, 3.05) is 6.54 Å². The van der Waals surface area contributed by atoms with Crippen LogP contribution in [0.3, 0.4) is 0 Å². The first-order valence-electron chi connectivity index (χ1n) is 8.59. The first-order valence-corrected chi connectivity index (χ1v) is 8.59. The number of hydrogen-bond donors (Lipinski definition) is 1. The molecule has 132 valence electrons. The van der Waals surface area contributed by atoms with Crippen LogP contribution in [0.25, 0.3) is 0 Å². The van der Waals surface area contributed by atoms with Crippen LogP contribution in [0.1, 0.15) is 30.8 Å². The van der Waals surface area contributed by atoms with E-state index in [1.165, 1.54) is 0 Å². The van der Waals surface area contributed by atoms with Gasteiger partial charge in [-0.2, -0.15) is 0 Å². The minimum absolute atomic E-state index is 0.136. The molecule has 1 unspecified atom stereocenters. The summed E-state index contributed by atoms with van der Waals surface area (Å²) in [6, 6.07) is 7.27. The Morgan fingerprint density at radius 2 is 1.80 bits per heavy atom. The van der Waals surface area contributed by atoms with Crippen LogP contribution >= 0.6 is 0 Å². The topological polar surface area (TPSA) is 78.9 Å². The molecular weight excluding hydrogens is 322 g/mol. The molecule has 1 saturated heterocycles. The summed E-state index contributed by atoms with van der Waals surface area (Å²) in [6.07, 6.45) is 5.70. The average Bonchev–Trinajstić information content (AvgIpc) is 2.99. The van der Waals surface area contributed by atoms with Crippen LogP contribution in [0.2, 0.25) is 0 Å². The number of rotatable bonds is 6. The minimum atomic E-state index is -0.219. The second-order valence-corrected chi connectivity index (χ2v) is 6.64. The SMILES string of the molecule is O=C(NC1CC(=O)N(C2CC2)C1)N(Cc1ccco1)Cc1ccco1. The molecule has 2 fully saturated rings. The highest BCUT2D eigenvalue weighted by molar-refractivity contribution is 5.82. The van der Waals surface area contributed by atoms with Crippen molar-refractivity contribution in [2.24, 2.45) is 0 Å². The van der Waals surface area contributed by atoms with Gasteiger partial charge >= 0.3 is 6.03 Å². The summed E-state index contributed by atoms with van der Waals surface area (Å²) in [7, 11) is 0. The van der Waals surface area contributed by atoms with Crippen LogP contribution in [0.5, 0.6) is 0 Å². The summed E-state index contributed by atoms with van der Waals surface area (Å²) >= 11 is 0. The Labute approximate surface area is 145 Å². The smallest absolute Gasteiger partial charge is 0.318 e. The molecule has 1 aliphatic carbocycles. The van der Waals surface area contributed by atoms with Crippen LogP contribution in [0, 0.1) is 0 Å². The van der Waals surface area contributed by atoms with E-state index in [1.807, 2.05) is 17.0 Å². The van der Waals surface area contributed by atoms with Gasteiger partial charge in [0.1, 0.15) is 11.5 Å². The number of furan rings is 2. The standard InChI is InChI=1S/C18H21N3O4/c22-17-9-13(10-21(17)14-5-6-14)19-18(23)20(11-15-3-1-7-24-15)12-16-4-2-8-25-16/h1-4,7-8,13-14H,5-6,9-12H2,(H,19,23). The Morgan fingerprint density at radius 3 is 2.32 bits per heavy atom. The zero-order valence-corrected chi connectivity index (χ0v) is 13.9. The number of likely N-dealkylation sites (tertiary alicyclic amines) is 1. The van der Waals surface area contributed by atoms with E-state index in [9.17, 15) is 9.59 Å². The Balaban J connectivity index is 1.40. The Hall–Kier alpha value is -2.70. The molecule has 25 heavy (non-hydrogen) atoms. The van der Waals surface area contributed by atoms with Crippen molar-refractivity contribution < 1.29 is 18.4 Å². The number of hydrogen-bond acceptors (Lipinski definition) is 4. The molecule has 7 heteroatoms. The van der Waals surface area contributed by atoms with E-state index in [-0.39, 0.29) is 18.0 Å². The number of carbonyl (C=O) groups is 2. The number of urea groups is 1. The molecule has 1 N–H and O–H groups in total. The highest BCUT2D eigenvalue weighted by Crippen LogP contribution is 2.30. The van der Waals surface area contributed by atoms with Crippen molar-refractivity contribution >= 4 is 11.9 Å². The third kappa shape index (κ3) is 3.70. The van der Waals surface area contributed by atoms with Gasteiger partial charge in [0, 0.05) is 19.0 Å². The van der Waals surface area contributed by atoms with Crippen molar-refractivity contribution in [3.05, 3.63) is 48.3 Å². The molecule has 3 heterocycles. The lowest BCUT2D eigenvalue weighted by Gasteiger charge is -2.23. The van der Waals surface area contributed by atoms with Gasteiger partial charge in [-0.15, -0.1) is 0 Å². The summed E-state index contributed by atoms with van der Waals surface area (Å²) in [5.41, 5.74) is 0. The molecule has 2 aliphatic rings. The summed E-state index contributed by atoms with van der Waals surface area (Å²) in [4.78, 5) is 28.3. The fourth-order valence-corrected chi connectivity index (χ4v) is 3.21. The van der Waals surface area contributed by atoms with Crippen molar-refractivity contribution in [3.8, 4) is 0 Å². The molecule has 0 bridgehead atoms. The largest absolute Gasteiger partial charge is 0.467 e. The maximum Gasteiger partial charge on any atom is 0.318 e. The Kier molecular flexibility index (Phi) is 4.21. The van der Waals surface area contributed by atoms with Crippen molar-refractivity contribution in [2.45, 2.75) is 44.4 Å². The summed E-state index contributed by atoms with van der Waals surface area (Å²) in [5.74, 6) is 1.53. The molecule has 1 saturated carbocycles. The second kappa shape index (κ2) is 6.66. The van der Waals surface area contributed by atoms with Gasteiger partial charge in [-0.05, 0) is 37.1 Å². The van der Waals surface area contributed by atoms with E-state index in [2.05, 4.69) is 5.32 Å². The Morgan fingerprint density at radius 1 is 1.16 bits per heavy atom. The zero-order chi connectivity index (χ0) is 17.2. The van der Waals surface area contributed by atoms with Crippen LogP contribution in [-0.2, 0) is 17.9 Å². The van der Waals surface area contributed by atoms with Crippen LogP contribution < -0.4 is 5.32 Å². The zero-order valence-electron chi connectivity index (χ0n) is 13.9. The van der Waals surface area contributed by atoms with Crippen LogP contribution in [0.4, 0.5) is 4.79 Å². The predicted molar refractivity (Wildman–Crippen MR) is 88.3 cm³/mol. The highest BCUT2D eigenvalue weighted by atomic mass is 16.3. The molecule has 4 rings (SSSR count). The lowest BCUT2D eigenvalue weighted by molar-refractivity contribution is -0.128. The minimum Gasteiger partial charge on any atom is -0.467 e. The quantitative estimate of drug-likeness (QED) is 0.873. The van der Waals surface area contributed by atoms with Crippen molar-refractivity contribution in [3.63, 3.8) is 0 Å². The van der Waals surface area contributed by atoms with E-state index in [0.29, 0.717) is 43.6 Å². The number of carbonyl (C=O) groups excluding carboxylic acids is 2. The average molecular weight is 343 g/mol. The maximum atomic E-state index is 12.8. The van der Waals surface area contributed by atoms with Crippen molar-refractivity contribution in [1.82, 2.24) is 15.1 Å². The molecule has 3 amide bonds. The summed E-state index contributed by atoms with van der Waals surface area (Å²) < 4.78 is 10.7. The lowest BCUT2D eigenvalue weighted by atomic mass is 10.2. The summed E-state index contributed by atoms with van der Waals surface area (Å²) in [5, 5.41) is 2.99. The monoisotopic (exact) mass is 343 g/mol. The molecule has 0 radical (unpaired) electrons. The molecule has 1 atom stereocenters. The molecule has 7 nitrogen and oxygen atoms in total. The molecule has 2 aromatic rings. The first kappa shape index (κ1) is 15.8. The number of amides is 3. The van der Waals surface area contributed by atoms with E-state index >= 15 is 0 Å². The normalized spacial score (nSPS) is 20.1. The van der Waals surface area contributed by atoms with Gasteiger partial charge in [-0.3, -0.25) is 4.79 Å². The van der Waals surface area contributed by atoms with E-state index in [1.54, 1.807) is 29.6 Å². The third-order valence-corrected chi connectivity index (χ3v) is 4.61. The fourth-order valence-electron chi connectivity index (χ4n) is 3.21. The first-order chi connectivity index (χ1) is 12.2. The van der Waals surface area contributed by atoms with Gasteiger partial charge in [0.2, 0.25) is 5.91 Å². The lowest BCUT2D eigenvalue weighted by Crippen LogP contribution is -2.45. The van der Waals surface area contributed by atoms with Gasteiger partial charge in [0.25, 0.3) is 0 Å². The highest BCUT2D eigenvalue weighted by Gasteiger charge is 2.40. The fraction of sp³-hybridized carbons (Fsp3) is 0.444. The van der Waals surface area contributed by atoms with Gasteiger partial charge in [-0.1, -0.05) is 0 Å². The third-order valence-electron chi connectivity index (χ3n) is 4.61. The van der Waals surface area contributed by atoms with E-state index in [0.717, 1.165) is 12.8 Å².